The van der Waals surface area contributed by atoms with E-state index >= 15 is 0 Å². The summed E-state index contributed by atoms with van der Waals surface area (Å²) in [4.78, 5) is 26.0. The third-order valence-corrected chi connectivity index (χ3v) is 3.80. The second-order valence-corrected chi connectivity index (χ2v) is 5.64. The average Bonchev–Trinajstić information content (AvgIpc) is 2.46. The summed E-state index contributed by atoms with van der Waals surface area (Å²) in [6, 6.07) is 5.68. The Labute approximate surface area is 126 Å². The fraction of sp³-hybridized carbons (Fsp3) is 0.429. The Morgan fingerprint density at radius 3 is 2.65 bits per heavy atom. The summed E-state index contributed by atoms with van der Waals surface area (Å²) in [5, 5.41) is 0. The van der Waals surface area contributed by atoms with Crippen LogP contribution in [-0.4, -0.2) is 54.9 Å². The Kier molecular flexibility index (Phi) is 5.00. The van der Waals surface area contributed by atoms with Crippen molar-refractivity contribution in [2.45, 2.75) is 6.92 Å². The van der Waals surface area contributed by atoms with E-state index in [1.54, 1.807) is 9.80 Å². The molecule has 1 aromatic carbocycles. The van der Waals surface area contributed by atoms with Crippen LogP contribution in [0, 0.1) is 6.92 Å². The van der Waals surface area contributed by atoms with Crippen LogP contribution in [0.15, 0.2) is 22.7 Å². The first-order valence-electron chi connectivity index (χ1n) is 6.46. The highest BCUT2D eigenvalue weighted by atomic mass is 79.9. The molecule has 2 amide bonds. The van der Waals surface area contributed by atoms with Crippen LogP contribution in [0.4, 0.5) is 0 Å². The average molecular weight is 341 g/mol. The van der Waals surface area contributed by atoms with Crippen molar-refractivity contribution in [3.63, 3.8) is 0 Å². The molecule has 5 nitrogen and oxygen atoms in total. The Bertz CT molecular complexity index is 499. The van der Waals surface area contributed by atoms with Crippen LogP contribution >= 0.6 is 15.9 Å². The molecule has 6 heteroatoms. The molecule has 0 aromatic heterocycles. The summed E-state index contributed by atoms with van der Waals surface area (Å²) >= 11 is 3.39. The molecule has 0 saturated carbocycles. The molecular weight excluding hydrogens is 324 g/mol. The van der Waals surface area contributed by atoms with Gasteiger partial charge < -0.3 is 14.5 Å². The van der Waals surface area contributed by atoms with Crippen molar-refractivity contribution in [1.82, 2.24) is 9.80 Å². The fourth-order valence-electron chi connectivity index (χ4n) is 2.08. The predicted molar refractivity (Wildman–Crippen MR) is 78.6 cm³/mol. The molecule has 0 atom stereocenters. The number of piperazine rings is 1. The topological polar surface area (TPSA) is 49.9 Å². The first kappa shape index (κ1) is 14.8. The molecule has 2 rings (SSSR count). The van der Waals surface area contributed by atoms with Gasteiger partial charge in [0.15, 0.2) is 6.61 Å². The summed E-state index contributed by atoms with van der Waals surface area (Å²) in [6.45, 7) is 4.29. The molecule has 1 heterocycles. The van der Waals surface area contributed by atoms with Gasteiger partial charge in [0.2, 0.25) is 6.41 Å². The van der Waals surface area contributed by atoms with E-state index in [1.807, 2.05) is 25.1 Å². The Hall–Kier alpha value is -1.56. The van der Waals surface area contributed by atoms with Gasteiger partial charge in [-0.05, 0) is 30.7 Å². The lowest BCUT2D eigenvalue weighted by molar-refractivity contribution is -0.137. The maximum atomic E-state index is 12.0. The lowest BCUT2D eigenvalue weighted by Gasteiger charge is -2.32. The van der Waals surface area contributed by atoms with Gasteiger partial charge >= 0.3 is 0 Å². The van der Waals surface area contributed by atoms with Crippen molar-refractivity contribution in [2.75, 3.05) is 32.8 Å². The van der Waals surface area contributed by atoms with Gasteiger partial charge in [-0.1, -0.05) is 15.9 Å². The third-order valence-electron chi connectivity index (χ3n) is 3.30. The summed E-state index contributed by atoms with van der Waals surface area (Å²) < 4.78 is 6.55. The zero-order chi connectivity index (χ0) is 14.5. The Morgan fingerprint density at radius 1 is 1.35 bits per heavy atom. The van der Waals surface area contributed by atoms with Crippen LogP contribution in [0.25, 0.3) is 0 Å². The lowest BCUT2D eigenvalue weighted by Crippen LogP contribution is -2.49. The SMILES string of the molecule is Cc1cc(Br)ccc1OCC(=O)N1CCN(C=O)CC1. The standard InChI is InChI=1S/C14H17BrN2O3/c1-11-8-12(15)2-3-13(11)20-9-14(19)17-6-4-16(10-18)5-7-17/h2-3,8,10H,4-7,9H2,1H3. The maximum Gasteiger partial charge on any atom is 0.260 e. The quantitative estimate of drug-likeness (QED) is 0.779. The van der Waals surface area contributed by atoms with Gasteiger partial charge in [0, 0.05) is 30.7 Å². The molecule has 0 spiro atoms. The number of benzene rings is 1. The molecule has 0 radical (unpaired) electrons. The fourth-order valence-corrected chi connectivity index (χ4v) is 2.56. The molecule has 1 fully saturated rings. The van der Waals surface area contributed by atoms with Gasteiger partial charge in [-0.25, -0.2) is 0 Å². The summed E-state index contributed by atoms with van der Waals surface area (Å²) in [6.07, 6.45) is 0.823. The molecule has 0 bridgehead atoms. The largest absolute Gasteiger partial charge is 0.483 e. The number of amides is 2. The Morgan fingerprint density at radius 2 is 2.05 bits per heavy atom. The monoisotopic (exact) mass is 340 g/mol. The second-order valence-electron chi connectivity index (χ2n) is 4.72. The van der Waals surface area contributed by atoms with Crippen molar-refractivity contribution < 1.29 is 14.3 Å². The van der Waals surface area contributed by atoms with Crippen LogP contribution in [-0.2, 0) is 9.59 Å². The minimum Gasteiger partial charge on any atom is -0.483 e. The number of hydrogen-bond acceptors (Lipinski definition) is 3. The maximum absolute atomic E-state index is 12.0. The number of hydrogen-bond donors (Lipinski definition) is 0. The molecule has 1 aliphatic rings. The van der Waals surface area contributed by atoms with E-state index in [4.69, 9.17) is 4.74 Å². The van der Waals surface area contributed by atoms with Crippen molar-refractivity contribution >= 4 is 28.2 Å². The van der Waals surface area contributed by atoms with E-state index in [0.29, 0.717) is 31.9 Å². The third kappa shape index (κ3) is 3.72. The molecule has 108 valence electrons. The number of nitrogens with zero attached hydrogens (tertiary/aromatic N) is 2. The Balaban J connectivity index is 1.85. The van der Waals surface area contributed by atoms with Crippen LogP contribution in [0.5, 0.6) is 5.75 Å². The van der Waals surface area contributed by atoms with Gasteiger partial charge in [0.25, 0.3) is 5.91 Å². The van der Waals surface area contributed by atoms with Gasteiger partial charge in [-0.15, -0.1) is 0 Å². The summed E-state index contributed by atoms with van der Waals surface area (Å²) in [5.41, 5.74) is 0.984. The van der Waals surface area contributed by atoms with Crippen LogP contribution in [0.3, 0.4) is 0 Å². The first-order valence-corrected chi connectivity index (χ1v) is 7.25. The number of carbonyl (C=O) groups excluding carboxylic acids is 2. The second kappa shape index (κ2) is 6.74. The zero-order valence-corrected chi connectivity index (χ0v) is 12.9. The van der Waals surface area contributed by atoms with Gasteiger partial charge in [-0.2, -0.15) is 0 Å². The van der Waals surface area contributed by atoms with Crippen LogP contribution in [0.2, 0.25) is 0 Å². The molecule has 1 saturated heterocycles. The molecule has 1 aromatic rings. The van der Waals surface area contributed by atoms with Gasteiger partial charge in [0.05, 0.1) is 0 Å². The molecule has 0 unspecified atom stereocenters. The van der Waals surface area contributed by atoms with E-state index in [9.17, 15) is 9.59 Å². The first-order chi connectivity index (χ1) is 9.60. The van der Waals surface area contributed by atoms with E-state index in [-0.39, 0.29) is 12.5 Å². The molecule has 0 aliphatic carbocycles. The highest BCUT2D eigenvalue weighted by Crippen LogP contribution is 2.22. The van der Waals surface area contributed by atoms with Crippen molar-refractivity contribution in [2.24, 2.45) is 0 Å². The normalized spacial score (nSPS) is 15.1. The molecule has 1 aliphatic heterocycles. The van der Waals surface area contributed by atoms with Crippen LogP contribution < -0.4 is 4.74 Å². The zero-order valence-electron chi connectivity index (χ0n) is 11.3. The van der Waals surface area contributed by atoms with Crippen molar-refractivity contribution in [1.29, 1.82) is 0 Å². The van der Waals surface area contributed by atoms with Crippen molar-refractivity contribution in [3.05, 3.63) is 28.2 Å². The number of aryl methyl sites for hydroxylation is 1. The minimum atomic E-state index is -0.0436. The predicted octanol–water partition coefficient (Wildman–Crippen LogP) is 1.44. The smallest absolute Gasteiger partial charge is 0.260 e. The van der Waals surface area contributed by atoms with E-state index in [0.717, 1.165) is 16.4 Å². The molecule has 20 heavy (non-hydrogen) atoms. The number of rotatable bonds is 4. The number of carbonyl (C=O) groups is 2. The van der Waals surface area contributed by atoms with Gasteiger partial charge in [0.1, 0.15) is 5.75 Å². The molecular formula is C14H17BrN2O3. The minimum absolute atomic E-state index is 0.0313. The summed E-state index contributed by atoms with van der Waals surface area (Å²) in [5.74, 6) is 0.672. The number of ether oxygens (including phenoxy) is 1. The lowest BCUT2D eigenvalue weighted by atomic mass is 10.2. The van der Waals surface area contributed by atoms with Crippen LogP contribution in [0.1, 0.15) is 5.56 Å². The van der Waals surface area contributed by atoms with E-state index in [1.165, 1.54) is 0 Å². The molecule has 0 N–H and O–H groups in total. The summed E-state index contributed by atoms with van der Waals surface area (Å²) in [7, 11) is 0. The number of halogens is 1. The van der Waals surface area contributed by atoms with E-state index < -0.39 is 0 Å². The van der Waals surface area contributed by atoms with Gasteiger partial charge in [-0.3, -0.25) is 9.59 Å². The highest BCUT2D eigenvalue weighted by molar-refractivity contribution is 9.10. The van der Waals surface area contributed by atoms with E-state index in [2.05, 4.69) is 15.9 Å². The van der Waals surface area contributed by atoms with Crippen molar-refractivity contribution in [3.8, 4) is 5.75 Å². The highest BCUT2D eigenvalue weighted by Gasteiger charge is 2.20.